The van der Waals surface area contributed by atoms with Gasteiger partial charge in [-0.3, -0.25) is 9.78 Å². The Labute approximate surface area is 250 Å². The van der Waals surface area contributed by atoms with E-state index in [1.165, 1.54) is 24.5 Å². The van der Waals surface area contributed by atoms with Gasteiger partial charge in [-0.05, 0) is 45.0 Å². The highest BCUT2D eigenvalue weighted by Gasteiger charge is 2.46. The number of pyridine rings is 1. The summed E-state index contributed by atoms with van der Waals surface area (Å²) in [7, 11) is 0. The van der Waals surface area contributed by atoms with E-state index in [1.54, 1.807) is 18.0 Å². The van der Waals surface area contributed by atoms with Crippen LogP contribution in [0.3, 0.4) is 0 Å². The van der Waals surface area contributed by atoms with Gasteiger partial charge in [0, 0.05) is 87.8 Å². The number of halogens is 2. The fraction of sp³-hybridized carbons (Fsp3) is 0.500. The summed E-state index contributed by atoms with van der Waals surface area (Å²) >= 11 is 0. The molecule has 2 aromatic heterocycles. The molecule has 1 saturated carbocycles. The molecule has 43 heavy (non-hydrogen) atoms. The number of nitrogens with one attached hydrogen (secondary N) is 1. The lowest BCUT2D eigenvalue weighted by Crippen LogP contribution is -2.55. The number of aromatic nitrogens is 3. The summed E-state index contributed by atoms with van der Waals surface area (Å²) in [4.78, 5) is 30.7. The van der Waals surface area contributed by atoms with Crippen LogP contribution in [0, 0.1) is 5.82 Å². The van der Waals surface area contributed by atoms with Crippen LogP contribution in [0.4, 0.5) is 14.6 Å². The van der Waals surface area contributed by atoms with E-state index in [2.05, 4.69) is 25.2 Å². The summed E-state index contributed by atoms with van der Waals surface area (Å²) in [6.45, 7) is 8.35. The number of hydrogen-bond acceptors (Lipinski definition) is 8. The molecule has 0 atom stereocenters. The lowest BCUT2D eigenvalue weighted by Gasteiger charge is -2.47. The molecule has 3 aliphatic rings. The number of piperidine rings is 1. The van der Waals surface area contributed by atoms with E-state index >= 15 is 0 Å². The second-order valence-corrected chi connectivity index (χ2v) is 12.2. The first-order valence-electron chi connectivity index (χ1n) is 15.1. The minimum Gasteiger partial charge on any atom is -0.490 e. The molecule has 9 nitrogen and oxygen atoms in total. The third-order valence-electron chi connectivity index (χ3n) is 8.54. The maximum absolute atomic E-state index is 14.4. The van der Waals surface area contributed by atoms with E-state index in [4.69, 9.17) is 9.47 Å². The van der Waals surface area contributed by atoms with Crippen molar-refractivity contribution in [3.8, 4) is 17.2 Å². The normalized spacial score (nSPS) is 22.1. The number of hydrogen-bond donors (Lipinski definition) is 1. The zero-order chi connectivity index (χ0) is 30.1. The summed E-state index contributed by atoms with van der Waals surface area (Å²) in [6, 6.07) is 5.37. The van der Waals surface area contributed by atoms with E-state index in [-0.39, 0.29) is 42.3 Å². The zero-order valence-corrected chi connectivity index (χ0v) is 24.9. The Morgan fingerprint density at radius 3 is 2.67 bits per heavy atom. The summed E-state index contributed by atoms with van der Waals surface area (Å²) in [5.41, 5.74) is 1.01. The average molecular weight is 593 g/mol. The Kier molecular flexibility index (Phi) is 8.17. The largest absolute Gasteiger partial charge is 0.490 e. The van der Waals surface area contributed by atoms with Crippen LogP contribution in [0.2, 0.25) is 0 Å². The Balaban J connectivity index is 1.17. The van der Waals surface area contributed by atoms with Crippen LogP contribution in [0.5, 0.6) is 17.2 Å². The molecular weight excluding hydrogens is 554 g/mol. The fourth-order valence-electron chi connectivity index (χ4n) is 6.39. The van der Waals surface area contributed by atoms with Crippen molar-refractivity contribution in [1.29, 1.82) is 0 Å². The minimum absolute atomic E-state index is 0.0527. The summed E-state index contributed by atoms with van der Waals surface area (Å²) < 4.78 is 41.5. The standard InChI is InChI=1S/C32H38F2N6O3/c1-20(2)40(22-15-32(3,34)16-22)31(41)24-14-21(33)4-5-27(24)43-29-18-36-19-38-30(29)39-12-8-23(9-13-39)42-28-7-11-37-26-6-10-35-17-25(26)28/h4-5,7,11,14,18-20,22-23,35H,6,8-10,12-13,15-17H2,1-3H3. The van der Waals surface area contributed by atoms with Gasteiger partial charge in [-0.25, -0.2) is 18.7 Å². The number of rotatable bonds is 8. The van der Waals surface area contributed by atoms with Gasteiger partial charge in [-0.15, -0.1) is 0 Å². The molecular formula is C32H38F2N6O3. The van der Waals surface area contributed by atoms with Gasteiger partial charge in [0.1, 0.15) is 35.4 Å². The monoisotopic (exact) mass is 592 g/mol. The van der Waals surface area contributed by atoms with Crippen LogP contribution < -0.4 is 19.7 Å². The van der Waals surface area contributed by atoms with Crippen LogP contribution in [0.15, 0.2) is 43.0 Å². The van der Waals surface area contributed by atoms with Crippen molar-refractivity contribution < 1.29 is 23.0 Å². The van der Waals surface area contributed by atoms with Crippen LogP contribution >= 0.6 is 0 Å². The van der Waals surface area contributed by atoms with Gasteiger partial charge in [0.25, 0.3) is 5.91 Å². The molecule has 11 heteroatoms. The number of anilines is 1. The molecule has 3 aromatic rings. The van der Waals surface area contributed by atoms with E-state index in [0.717, 1.165) is 49.4 Å². The van der Waals surface area contributed by atoms with Crippen molar-refractivity contribution in [2.45, 2.75) is 83.3 Å². The highest BCUT2D eigenvalue weighted by Crippen LogP contribution is 2.41. The average Bonchev–Trinajstić information content (AvgIpc) is 2.98. The lowest BCUT2D eigenvalue weighted by molar-refractivity contribution is -0.0186. The third-order valence-corrected chi connectivity index (χ3v) is 8.54. The molecule has 0 spiro atoms. The summed E-state index contributed by atoms with van der Waals surface area (Å²) in [5.74, 6) is 1.10. The Morgan fingerprint density at radius 1 is 1.14 bits per heavy atom. The second kappa shape index (κ2) is 12.0. The predicted octanol–water partition coefficient (Wildman–Crippen LogP) is 5.24. The first-order chi connectivity index (χ1) is 20.7. The van der Waals surface area contributed by atoms with E-state index in [9.17, 15) is 13.6 Å². The minimum atomic E-state index is -1.30. The number of amides is 1. The molecule has 228 valence electrons. The second-order valence-electron chi connectivity index (χ2n) is 12.2. The van der Waals surface area contributed by atoms with Gasteiger partial charge in [-0.2, -0.15) is 0 Å². The molecule has 1 aromatic carbocycles. The molecule has 0 bridgehead atoms. The van der Waals surface area contributed by atoms with E-state index in [0.29, 0.717) is 24.7 Å². The Bertz CT molecular complexity index is 1470. The molecule has 1 saturated heterocycles. The van der Waals surface area contributed by atoms with Gasteiger partial charge >= 0.3 is 0 Å². The quantitative estimate of drug-likeness (QED) is 0.380. The SMILES string of the molecule is CC(C)N(C(=O)c1cc(F)ccc1Oc1cncnc1N1CCC(Oc2ccnc3c2CNCC3)CC1)C1CC(C)(F)C1. The molecule has 0 radical (unpaired) electrons. The highest BCUT2D eigenvalue weighted by molar-refractivity contribution is 5.97. The molecule has 1 N–H and O–H groups in total. The van der Waals surface area contributed by atoms with Crippen molar-refractivity contribution in [3.05, 3.63) is 65.6 Å². The first-order valence-corrected chi connectivity index (χ1v) is 15.1. The van der Waals surface area contributed by atoms with Gasteiger partial charge in [0.15, 0.2) is 11.6 Å². The summed E-state index contributed by atoms with van der Waals surface area (Å²) in [6.07, 6.45) is 7.85. The predicted molar refractivity (Wildman–Crippen MR) is 158 cm³/mol. The Hall–Kier alpha value is -3.86. The van der Waals surface area contributed by atoms with Crippen LogP contribution in [0.1, 0.15) is 68.1 Å². The van der Waals surface area contributed by atoms with Crippen molar-refractivity contribution in [1.82, 2.24) is 25.2 Å². The molecule has 1 amide bonds. The van der Waals surface area contributed by atoms with E-state index in [1.807, 2.05) is 26.1 Å². The van der Waals surface area contributed by atoms with Gasteiger partial charge in [0.05, 0.1) is 11.8 Å². The molecule has 2 aliphatic heterocycles. The maximum atomic E-state index is 14.4. The Morgan fingerprint density at radius 2 is 1.93 bits per heavy atom. The number of alkyl halides is 1. The molecule has 6 rings (SSSR count). The molecule has 1 aliphatic carbocycles. The van der Waals surface area contributed by atoms with E-state index < -0.39 is 17.4 Å². The lowest BCUT2D eigenvalue weighted by atomic mass is 9.77. The number of nitrogens with zero attached hydrogens (tertiary/aromatic N) is 5. The number of carbonyl (C=O) groups excluding carboxylic acids is 1. The topological polar surface area (TPSA) is 92.7 Å². The van der Waals surface area contributed by atoms with Crippen molar-refractivity contribution in [3.63, 3.8) is 0 Å². The number of fused-ring (bicyclic) bond motifs is 1. The van der Waals surface area contributed by atoms with Crippen molar-refractivity contribution >= 4 is 11.7 Å². The molecule has 2 fully saturated rings. The highest BCUT2D eigenvalue weighted by atomic mass is 19.1. The van der Waals surface area contributed by atoms with Gasteiger partial charge < -0.3 is 24.6 Å². The zero-order valence-electron chi connectivity index (χ0n) is 24.9. The van der Waals surface area contributed by atoms with Crippen molar-refractivity contribution in [2.75, 3.05) is 24.5 Å². The number of carbonyl (C=O) groups is 1. The molecule has 0 unspecified atom stereocenters. The smallest absolute Gasteiger partial charge is 0.258 e. The maximum Gasteiger partial charge on any atom is 0.258 e. The van der Waals surface area contributed by atoms with Crippen LogP contribution in [0.25, 0.3) is 0 Å². The van der Waals surface area contributed by atoms with Crippen molar-refractivity contribution in [2.24, 2.45) is 0 Å². The van der Waals surface area contributed by atoms with Gasteiger partial charge in [-0.1, -0.05) is 0 Å². The van der Waals surface area contributed by atoms with Crippen LogP contribution in [-0.2, 0) is 13.0 Å². The molecule has 4 heterocycles. The number of ether oxygens (including phenoxy) is 2. The first kappa shape index (κ1) is 29.2. The van der Waals surface area contributed by atoms with Gasteiger partial charge in [0.2, 0.25) is 0 Å². The number of benzene rings is 1. The summed E-state index contributed by atoms with van der Waals surface area (Å²) in [5, 5.41) is 3.40. The third kappa shape index (κ3) is 6.27. The van der Waals surface area contributed by atoms with Crippen LogP contribution in [-0.4, -0.2) is 69.2 Å². The fourth-order valence-corrected chi connectivity index (χ4v) is 6.39.